The van der Waals surface area contributed by atoms with Gasteiger partial charge in [-0.3, -0.25) is 4.40 Å². The molecule has 0 aliphatic heterocycles. The third kappa shape index (κ3) is 3.71. The summed E-state index contributed by atoms with van der Waals surface area (Å²) in [6, 6.07) is 6.56. The summed E-state index contributed by atoms with van der Waals surface area (Å²) in [7, 11) is 0. The summed E-state index contributed by atoms with van der Waals surface area (Å²) < 4.78 is 1.68. The van der Waals surface area contributed by atoms with Gasteiger partial charge in [-0.05, 0) is 24.3 Å². The molecule has 0 aliphatic rings. The Morgan fingerprint density at radius 2 is 1.83 bits per heavy atom. The van der Waals surface area contributed by atoms with Gasteiger partial charge in [0.25, 0.3) is 0 Å². The second kappa shape index (κ2) is 7.05. The minimum absolute atomic E-state index is 0.324. The summed E-state index contributed by atoms with van der Waals surface area (Å²) in [5, 5.41) is 20.8. The van der Waals surface area contributed by atoms with E-state index >= 15 is 0 Å². The summed E-state index contributed by atoms with van der Waals surface area (Å²) in [4.78, 5) is 0. The first kappa shape index (κ1) is 17.1. The van der Waals surface area contributed by atoms with Crippen LogP contribution in [-0.4, -0.2) is 25.5 Å². The van der Waals surface area contributed by atoms with Crippen molar-refractivity contribution in [3.05, 3.63) is 56.1 Å². The molecule has 0 spiro atoms. The van der Waals surface area contributed by atoms with Gasteiger partial charge < -0.3 is 5.11 Å². The largest absolute Gasteiger partial charge is 0.387 e. The molecule has 4 nitrogen and oxygen atoms in total. The molecule has 120 valence electrons. The lowest BCUT2D eigenvalue weighted by Crippen LogP contribution is -2.02. The minimum atomic E-state index is -0.798. The van der Waals surface area contributed by atoms with Crippen molar-refractivity contribution in [2.24, 2.45) is 0 Å². The summed E-state index contributed by atoms with van der Waals surface area (Å²) in [6.07, 6.45) is 0.873. The van der Waals surface area contributed by atoms with E-state index in [1.807, 2.05) is 0 Å². The monoisotopic (exact) mass is 407 g/mol. The zero-order chi connectivity index (χ0) is 16.6. The Balaban J connectivity index is 1.82. The van der Waals surface area contributed by atoms with E-state index in [4.69, 9.17) is 46.4 Å². The fourth-order valence-corrected chi connectivity index (χ4v) is 3.81. The van der Waals surface area contributed by atoms with Gasteiger partial charge in [0.05, 0.1) is 16.1 Å². The topological polar surface area (TPSA) is 50.4 Å². The predicted molar refractivity (Wildman–Crippen MR) is 95.2 cm³/mol. The van der Waals surface area contributed by atoms with Crippen LogP contribution in [0.1, 0.15) is 11.7 Å². The number of aliphatic hydroxyl groups is 1. The summed E-state index contributed by atoms with van der Waals surface area (Å²) in [5.74, 6) is 0.324. The van der Waals surface area contributed by atoms with Gasteiger partial charge in [0.2, 0.25) is 0 Å². The first-order chi connectivity index (χ1) is 11.0. The first-order valence-corrected chi connectivity index (χ1v) is 8.91. The first-order valence-electron chi connectivity index (χ1n) is 6.41. The molecule has 0 saturated heterocycles. The van der Waals surface area contributed by atoms with Crippen molar-refractivity contribution in [3.8, 4) is 0 Å². The molecular weight excluding hydrogens is 400 g/mol. The SMILES string of the molecule is OC(CSc1nnc2c(Cl)cc(Cl)cn12)c1cc(Cl)ccc1Cl. The van der Waals surface area contributed by atoms with Gasteiger partial charge in [-0.2, -0.15) is 0 Å². The smallest absolute Gasteiger partial charge is 0.195 e. The van der Waals surface area contributed by atoms with Gasteiger partial charge in [-0.15, -0.1) is 10.2 Å². The molecule has 3 rings (SSSR count). The molecule has 1 unspecified atom stereocenters. The Bertz CT molecular complexity index is 871. The normalized spacial score (nSPS) is 12.7. The number of halogens is 4. The average molecular weight is 409 g/mol. The molecular formula is C14H9Cl4N3OS. The zero-order valence-corrected chi connectivity index (χ0v) is 15.2. The van der Waals surface area contributed by atoms with E-state index in [2.05, 4.69) is 10.2 Å². The van der Waals surface area contributed by atoms with E-state index in [1.54, 1.807) is 34.9 Å². The molecule has 1 aromatic carbocycles. The van der Waals surface area contributed by atoms with E-state index in [1.165, 1.54) is 11.8 Å². The highest BCUT2D eigenvalue weighted by atomic mass is 35.5. The van der Waals surface area contributed by atoms with Gasteiger partial charge in [-0.1, -0.05) is 58.2 Å². The van der Waals surface area contributed by atoms with Crippen LogP contribution < -0.4 is 0 Å². The summed E-state index contributed by atoms with van der Waals surface area (Å²) in [5.41, 5.74) is 1.07. The van der Waals surface area contributed by atoms with E-state index in [9.17, 15) is 5.11 Å². The Kier molecular flexibility index (Phi) is 5.26. The van der Waals surface area contributed by atoms with Crippen molar-refractivity contribution in [3.63, 3.8) is 0 Å². The molecule has 0 fully saturated rings. The minimum Gasteiger partial charge on any atom is -0.387 e. The Labute approximate surface area is 156 Å². The third-order valence-electron chi connectivity index (χ3n) is 3.08. The van der Waals surface area contributed by atoms with E-state index in [-0.39, 0.29) is 0 Å². The van der Waals surface area contributed by atoms with Crippen LogP contribution in [-0.2, 0) is 0 Å². The molecule has 0 bridgehead atoms. The van der Waals surface area contributed by atoms with Gasteiger partial charge in [0.15, 0.2) is 10.8 Å². The maximum atomic E-state index is 10.3. The highest BCUT2D eigenvalue weighted by molar-refractivity contribution is 7.99. The van der Waals surface area contributed by atoms with Crippen LogP contribution in [0.15, 0.2) is 35.6 Å². The number of pyridine rings is 1. The van der Waals surface area contributed by atoms with Gasteiger partial charge >= 0.3 is 0 Å². The second-order valence-electron chi connectivity index (χ2n) is 4.68. The van der Waals surface area contributed by atoms with Crippen molar-refractivity contribution < 1.29 is 5.11 Å². The molecule has 0 aliphatic carbocycles. The van der Waals surface area contributed by atoms with Crippen LogP contribution >= 0.6 is 58.2 Å². The number of aliphatic hydroxyl groups excluding tert-OH is 1. The van der Waals surface area contributed by atoms with Gasteiger partial charge in [0.1, 0.15) is 0 Å². The highest BCUT2D eigenvalue weighted by Crippen LogP contribution is 2.31. The molecule has 23 heavy (non-hydrogen) atoms. The molecule has 0 radical (unpaired) electrons. The van der Waals surface area contributed by atoms with E-state index in [0.29, 0.717) is 42.2 Å². The molecule has 0 amide bonds. The van der Waals surface area contributed by atoms with Crippen molar-refractivity contribution >= 4 is 63.8 Å². The number of aromatic nitrogens is 3. The molecule has 2 heterocycles. The van der Waals surface area contributed by atoms with Crippen molar-refractivity contribution in [1.82, 2.24) is 14.6 Å². The van der Waals surface area contributed by atoms with E-state index in [0.717, 1.165) is 0 Å². The zero-order valence-electron chi connectivity index (χ0n) is 11.4. The second-order valence-corrected chi connectivity index (χ2v) is 7.35. The van der Waals surface area contributed by atoms with Crippen LogP contribution in [0, 0.1) is 0 Å². The molecule has 1 N–H and O–H groups in total. The number of hydrogen-bond acceptors (Lipinski definition) is 4. The number of nitrogens with zero attached hydrogens (tertiary/aromatic N) is 3. The lowest BCUT2D eigenvalue weighted by Gasteiger charge is -2.12. The summed E-state index contributed by atoms with van der Waals surface area (Å²) >= 11 is 25.4. The van der Waals surface area contributed by atoms with Gasteiger partial charge in [-0.25, -0.2) is 0 Å². The Morgan fingerprint density at radius 1 is 1.04 bits per heavy atom. The summed E-state index contributed by atoms with van der Waals surface area (Å²) in [6.45, 7) is 0. The molecule has 1 atom stereocenters. The van der Waals surface area contributed by atoms with Crippen molar-refractivity contribution in [2.75, 3.05) is 5.75 Å². The number of rotatable bonds is 4. The molecule has 2 aromatic heterocycles. The van der Waals surface area contributed by atoms with Crippen LogP contribution in [0.2, 0.25) is 20.1 Å². The van der Waals surface area contributed by atoms with Crippen LogP contribution in [0.3, 0.4) is 0 Å². The van der Waals surface area contributed by atoms with Crippen LogP contribution in [0.25, 0.3) is 5.65 Å². The Hall–Kier alpha value is -0.690. The predicted octanol–water partition coefficient (Wildman–Crippen LogP) is 5.17. The van der Waals surface area contributed by atoms with Crippen LogP contribution in [0.5, 0.6) is 0 Å². The number of fused-ring (bicyclic) bond motifs is 1. The maximum absolute atomic E-state index is 10.3. The van der Waals surface area contributed by atoms with Crippen molar-refractivity contribution in [1.29, 1.82) is 0 Å². The number of thioether (sulfide) groups is 1. The number of benzene rings is 1. The standard InChI is InChI=1S/C14H9Cl4N3OS/c15-7-1-2-10(17)9(3-7)12(22)6-23-14-20-19-13-11(18)4-8(16)5-21(13)14/h1-5,12,22H,6H2. The average Bonchev–Trinajstić information content (AvgIpc) is 2.90. The fourth-order valence-electron chi connectivity index (χ4n) is 2.01. The molecule has 0 saturated carbocycles. The van der Waals surface area contributed by atoms with E-state index < -0.39 is 6.10 Å². The number of hydrogen-bond donors (Lipinski definition) is 1. The molecule has 3 aromatic rings. The lowest BCUT2D eigenvalue weighted by molar-refractivity contribution is 0.204. The van der Waals surface area contributed by atoms with Gasteiger partial charge in [0, 0.05) is 27.6 Å². The quantitative estimate of drug-likeness (QED) is 0.605. The molecule has 9 heteroatoms. The van der Waals surface area contributed by atoms with Crippen LogP contribution in [0.4, 0.5) is 0 Å². The maximum Gasteiger partial charge on any atom is 0.195 e. The lowest BCUT2D eigenvalue weighted by atomic mass is 10.1. The third-order valence-corrected chi connectivity index (χ3v) is 5.17. The highest BCUT2D eigenvalue weighted by Gasteiger charge is 2.16. The Morgan fingerprint density at radius 3 is 2.61 bits per heavy atom. The van der Waals surface area contributed by atoms with Crippen molar-refractivity contribution in [2.45, 2.75) is 11.3 Å². The fraction of sp³-hybridized carbons (Fsp3) is 0.143.